The molecule has 1 aliphatic rings. The Hall–Kier alpha value is -3.18. The van der Waals surface area contributed by atoms with Crippen molar-refractivity contribution in [2.45, 2.75) is 39.2 Å². The summed E-state index contributed by atoms with van der Waals surface area (Å²) in [5, 5.41) is 8.77. The number of likely N-dealkylation sites (tertiary alicyclic amines) is 1. The summed E-state index contributed by atoms with van der Waals surface area (Å²) in [7, 11) is 2.21. The van der Waals surface area contributed by atoms with Crippen molar-refractivity contribution in [3.05, 3.63) is 77.6 Å². The van der Waals surface area contributed by atoms with Crippen molar-refractivity contribution in [2.24, 2.45) is 11.7 Å². The number of nitrogens with one attached hydrogen (secondary N) is 1. The highest BCUT2D eigenvalue weighted by Crippen LogP contribution is 2.25. The summed E-state index contributed by atoms with van der Waals surface area (Å²) >= 11 is 0. The first kappa shape index (κ1) is 24.5. The molecule has 4 rings (SSSR count). The van der Waals surface area contributed by atoms with Gasteiger partial charge in [-0.25, -0.2) is 0 Å². The predicted octanol–water partition coefficient (Wildman–Crippen LogP) is 5.14. The Morgan fingerprint density at radius 1 is 1.12 bits per heavy atom. The van der Waals surface area contributed by atoms with Gasteiger partial charge in [-0.3, -0.25) is 0 Å². The van der Waals surface area contributed by atoms with Crippen molar-refractivity contribution < 1.29 is 4.79 Å². The first-order valence-electron chi connectivity index (χ1n) is 11.7. The second kappa shape index (κ2) is 12.2. The number of benzene rings is 2. The van der Waals surface area contributed by atoms with Gasteiger partial charge in [0.2, 0.25) is 0 Å². The van der Waals surface area contributed by atoms with E-state index in [2.05, 4.69) is 47.0 Å². The Morgan fingerprint density at radius 3 is 2.48 bits per heavy atom. The Labute approximate surface area is 197 Å². The van der Waals surface area contributed by atoms with Gasteiger partial charge in [0.05, 0.1) is 0 Å². The Balaban J connectivity index is 0.000000257. The lowest BCUT2D eigenvalue weighted by Gasteiger charge is -2.29. The minimum atomic E-state index is 0.629. The van der Waals surface area contributed by atoms with Crippen molar-refractivity contribution in [2.75, 3.05) is 20.1 Å². The normalized spacial score (nSPS) is 15.5. The molecule has 2 aromatic carbocycles. The van der Waals surface area contributed by atoms with Gasteiger partial charge in [0.15, 0.2) is 0 Å². The molecule has 0 atom stereocenters. The van der Waals surface area contributed by atoms with Gasteiger partial charge in [0, 0.05) is 47.6 Å². The summed E-state index contributed by atoms with van der Waals surface area (Å²) in [4.78, 5) is 12.4. The number of rotatable bonds is 7. The first-order chi connectivity index (χ1) is 16.0. The summed E-state index contributed by atoms with van der Waals surface area (Å²) in [6.45, 7) is 5.35. The van der Waals surface area contributed by atoms with Crippen LogP contribution in [0.3, 0.4) is 0 Å². The van der Waals surface area contributed by atoms with Crippen molar-refractivity contribution >= 4 is 29.0 Å². The fourth-order valence-electron chi connectivity index (χ4n) is 4.34. The number of carbonyl (C=O) groups is 1. The third-order valence-electron chi connectivity index (χ3n) is 6.34. The van der Waals surface area contributed by atoms with Crippen LogP contribution < -0.4 is 5.73 Å². The van der Waals surface area contributed by atoms with Crippen LogP contribution in [0.2, 0.25) is 0 Å². The lowest BCUT2D eigenvalue weighted by atomic mass is 9.97. The zero-order valence-electron chi connectivity index (χ0n) is 19.8. The number of fused-ring (bicyclic) bond motifs is 1. The first-order valence-corrected chi connectivity index (χ1v) is 11.7. The smallest absolute Gasteiger partial charge is 0.120 e. The molecule has 3 aromatic rings. The molecule has 0 saturated carbocycles. The van der Waals surface area contributed by atoms with Gasteiger partial charge < -0.3 is 25.4 Å². The maximum absolute atomic E-state index is 9.98. The van der Waals surface area contributed by atoms with Gasteiger partial charge in [-0.2, -0.15) is 0 Å². The fraction of sp³-hybridized carbons (Fsp3) is 0.357. The van der Waals surface area contributed by atoms with Gasteiger partial charge >= 0.3 is 0 Å². The number of aryl methyl sites for hydroxylation is 1. The number of nitrogens with two attached hydrogens (primary N) is 1. The van der Waals surface area contributed by atoms with Gasteiger partial charge in [-0.1, -0.05) is 36.4 Å². The molecule has 0 unspecified atom stereocenters. The average Bonchev–Trinajstić information content (AvgIpc) is 3.22. The molecule has 33 heavy (non-hydrogen) atoms. The minimum Gasteiger partial charge on any atom is -0.402 e. The number of hydrogen-bond donors (Lipinski definition) is 2. The van der Waals surface area contributed by atoms with E-state index in [-0.39, 0.29) is 0 Å². The largest absolute Gasteiger partial charge is 0.402 e. The molecule has 5 heteroatoms. The number of hydrogen-bond acceptors (Lipinski definition) is 4. The Bertz CT molecular complexity index is 1070. The third-order valence-corrected chi connectivity index (χ3v) is 6.34. The zero-order valence-corrected chi connectivity index (χ0v) is 19.8. The molecule has 2 heterocycles. The van der Waals surface area contributed by atoms with Crippen LogP contribution in [-0.2, 0) is 17.8 Å². The highest BCUT2D eigenvalue weighted by atomic mass is 16.1. The van der Waals surface area contributed by atoms with Crippen LogP contribution in [0.25, 0.3) is 16.5 Å². The van der Waals surface area contributed by atoms with Gasteiger partial charge in [0.25, 0.3) is 0 Å². The van der Waals surface area contributed by atoms with E-state index >= 15 is 0 Å². The number of allylic oxidation sites excluding steroid dienone is 2. The molecule has 0 aliphatic carbocycles. The number of aromatic nitrogens is 1. The van der Waals surface area contributed by atoms with Crippen LogP contribution in [0.15, 0.2) is 66.5 Å². The quantitative estimate of drug-likeness (QED) is 0.391. The molecule has 0 bridgehead atoms. The Morgan fingerprint density at radius 2 is 1.85 bits per heavy atom. The summed E-state index contributed by atoms with van der Waals surface area (Å²) in [5.74, 6) is 0.768. The van der Waals surface area contributed by atoms with Crippen molar-refractivity contribution in [1.82, 2.24) is 9.47 Å². The minimum absolute atomic E-state index is 0.629. The summed E-state index contributed by atoms with van der Waals surface area (Å²) in [6, 6.07) is 18.5. The lowest BCUT2D eigenvalue weighted by Crippen LogP contribution is -2.31. The maximum atomic E-state index is 9.98. The fourth-order valence-corrected chi connectivity index (χ4v) is 4.34. The predicted molar refractivity (Wildman–Crippen MR) is 139 cm³/mol. The molecular weight excluding hydrogens is 408 g/mol. The molecule has 1 aliphatic heterocycles. The molecule has 5 nitrogen and oxygen atoms in total. The van der Waals surface area contributed by atoms with Crippen LogP contribution in [-0.4, -0.2) is 42.1 Å². The van der Waals surface area contributed by atoms with E-state index in [4.69, 9.17) is 11.1 Å². The number of carbonyl (C=O) groups excluding carboxylic acids is 1. The molecule has 1 saturated heterocycles. The zero-order chi connectivity index (χ0) is 23.6. The second-order valence-corrected chi connectivity index (χ2v) is 8.92. The molecule has 0 radical (unpaired) electrons. The Kier molecular flexibility index (Phi) is 9.02. The second-order valence-electron chi connectivity index (χ2n) is 8.92. The van der Waals surface area contributed by atoms with E-state index in [0.717, 1.165) is 36.3 Å². The van der Waals surface area contributed by atoms with E-state index in [1.54, 1.807) is 0 Å². The lowest BCUT2D eigenvalue weighted by molar-refractivity contribution is -0.107. The molecule has 0 spiro atoms. The summed E-state index contributed by atoms with van der Waals surface area (Å²) in [6.07, 6.45) is 8.53. The molecular formula is C28H36N4O. The van der Waals surface area contributed by atoms with E-state index in [0.29, 0.717) is 12.1 Å². The molecule has 3 N–H and O–H groups in total. The average molecular weight is 445 g/mol. The van der Waals surface area contributed by atoms with Crippen LogP contribution in [0, 0.1) is 11.3 Å². The van der Waals surface area contributed by atoms with E-state index in [1.807, 2.05) is 37.3 Å². The van der Waals surface area contributed by atoms with Crippen LogP contribution in [0.4, 0.5) is 0 Å². The van der Waals surface area contributed by atoms with Gasteiger partial charge in [-0.15, -0.1) is 0 Å². The third kappa shape index (κ3) is 6.90. The highest BCUT2D eigenvalue weighted by Gasteiger charge is 2.17. The topological polar surface area (TPSA) is 75.1 Å². The number of aldehydes is 1. The monoisotopic (exact) mass is 444 g/mol. The number of piperidine rings is 1. The SMILES string of the molecule is C/C(N)=C(/C=N)c1ccc2c(ccn2CC2CCN(C)CC2)c1.O=CCCc1ccccc1. The van der Waals surface area contributed by atoms with Crippen LogP contribution in [0.1, 0.15) is 37.3 Å². The van der Waals surface area contributed by atoms with Crippen molar-refractivity contribution in [3.63, 3.8) is 0 Å². The van der Waals surface area contributed by atoms with E-state index < -0.39 is 0 Å². The van der Waals surface area contributed by atoms with Gasteiger partial charge in [-0.05, 0) is 81.6 Å². The molecule has 1 aromatic heterocycles. The van der Waals surface area contributed by atoms with Crippen LogP contribution >= 0.6 is 0 Å². The molecule has 1 fully saturated rings. The summed E-state index contributed by atoms with van der Waals surface area (Å²) < 4.78 is 2.37. The maximum Gasteiger partial charge on any atom is 0.120 e. The molecule has 0 amide bonds. The van der Waals surface area contributed by atoms with Crippen LogP contribution in [0.5, 0.6) is 0 Å². The van der Waals surface area contributed by atoms with Crippen molar-refractivity contribution in [1.29, 1.82) is 5.41 Å². The van der Waals surface area contributed by atoms with Gasteiger partial charge in [0.1, 0.15) is 6.29 Å². The molecule has 174 valence electrons. The highest BCUT2D eigenvalue weighted by molar-refractivity contribution is 6.10. The van der Waals surface area contributed by atoms with Crippen molar-refractivity contribution in [3.8, 4) is 0 Å². The summed E-state index contributed by atoms with van der Waals surface area (Å²) in [5.41, 5.74) is 10.9. The standard InChI is InChI=1S/C19H26N4.C9H10O/c1-14(21)18(12-20)16-3-4-19-17(11-16)7-10-23(19)13-15-5-8-22(2)9-6-15;10-8-4-7-9-5-2-1-3-6-9/h3-4,7,10-12,15,20H,5-6,8-9,13,21H2,1-2H3;1-3,5-6,8H,4,7H2/b18-14+,20-12?;. The van der Waals surface area contributed by atoms with E-state index in [9.17, 15) is 4.79 Å². The van der Waals surface area contributed by atoms with E-state index in [1.165, 1.54) is 48.6 Å². The number of nitrogens with zero attached hydrogens (tertiary/aromatic N) is 2.